The highest BCUT2D eigenvalue weighted by Crippen LogP contribution is 2.73. The Bertz CT molecular complexity index is 1060. The van der Waals surface area contributed by atoms with Crippen molar-refractivity contribution >= 4 is 0 Å². The number of phenolic OH excluding ortho intramolecular Hbond substituents is 1. The molecule has 1 N–H and O–H groups in total. The molecule has 2 aromatic carbocycles. The quantitative estimate of drug-likeness (QED) is 0.491. The molecule has 33 heavy (non-hydrogen) atoms. The lowest BCUT2D eigenvalue weighted by atomic mass is 9.64. The Morgan fingerprint density at radius 3 is 1.76 bits per heavy atom. The number of fused-ring (bicyclic) bond motifs is 12. The SMILES string of the molecule is Cc1cc(Oc2c(C)cc(C3CC4C(C3)C3CC4C4C5CCC(C5)C34)cc2C)cc(C)c1O. The topological polar surface area (TPSA) is 29.5 Å². The number of aryl methyl sites for hydroxylation is 4. The highest BCUT2D eigenvalue weighted by atomic mass is 16.5. The molecular weight excluding hydrogens is 404 g/mol. The first-order valence-corrected chi connectivity index (χ1v) is 13.5. The summed E-state index contributed by atoms with van der Waals surface area (Å²) in [5.74, 6) is 11.5. The van der Waals surface area contributed by atoms with Gasteiger partial charge in [0, 0.05) is 0 Å². The molecule has 0 radical (unpaired) electrons. The first kappa shape index (κ1) is 20.4. The van der Waals surface area contributed by atoms with Gasteiger partial charge in [-0.2, -0.15) is 0 Å². The van der Waals surface area contributed by atoms with E-state index in [1.165, 1.54) is 24.0 Å². The lowest BCUT2D eigenvalue weighted by Crippen LogP contribution is -2.35. The van der Waals surface area contributed by atoms with E-state index in [9.17, 15) is 5.11 Å². The van der Waals surface area contributed by atoms with Crippen molar-refractivity contribution in [1.29, 1.82) is 0 Å². The van der Waals surface area contributed by atoms with Crippen LogP contribution < -0.4 is 4.74 Å². The molecule has 174 valence electrons. The molecular formula is C31H38O2. The van der Waals surface area contributed by atoms with E-state index in [0.29, 0.717) is 5.75 Å². The summed E-state index contributed by atoms with van der Waals surface area (Å²) in [4.78, 5) is 0. The van der Waals surface area contributed by atoms with E-state index in [1.54, 1.807) is 31.2 Å². The van der Waals surface area contributed by atoms with Crippen LogP contribution in [0.15, 0.2) is 24.3 Å². The van der Waals surface area contributed by atoms with Gasteiger partial charge in [0.2, 0.25) is 0 Å². The molecule has 8 atom stereocenters. The van der Waals surface area contributed by atoms with Gasteiger partial charge in [-0.1, -0.05) is 12.1 Å². The number of ether oxygens (including phenoxy) is 1. The molecule has 2 aromatic rings. The molecule has 5 fully saturated rings. The zero-order valence-electron chi connectivity index (χ0n) is 20.6. The number of aromatic hydroxyl groups is 1. The van der Waals surface area contributed by atoms with Crippen molar-refractivity contribution in [3.8, 4) is 17.2 Å². The summed E-state index contributed by atoms with van der Waals surface area (Å²) in [6, 6.07) is 8.71. The van der Waals surface area contributed by atoms with Crippen molar-refractivity contribution in [2.45, 2.75) is 72.1 Å². The van der Waals surface area contributed by atoms with Crippen LogP contribution in [-0.2, 0) is 0 Å². The van der Waals surface area contributed by atoms with Gasteiger partial charge in [0.1, 0.15) is 17.2 Å². The number of phenols is 1. The second kappa shape index (κ2) is 7.03. The van der Waals surface area contributed by atoms with Crippen LogP contribution in [0.4, 0.5) is 0 Å². The van der Waals surface area contributed by atoms with Crippen molar-refractivity contribution in [2.75, 3.05) is 0 Å². The van der Waals surface area contributed by atoms with Crippen LogP contribution in [0.5, 0.6) is 17.2 Å². The van der Waals surface area contributed by atoms with Gasteiger partial charge in [-0.3, -0.25) is 0 Å². The Labute approximate surface area is 198 Å². The van der Waals surface area contributed by atoms with Crippen molar-refractivity contribution in [3.63, 3.8) is 0 Å². The van der Waals surface area contributed by atoms with E-state index in [1.807, 2.05) is 26.0 Å². The van der Waals surface area contributed by atoms with E-state index in [2.05, 4.69) is 26.0 Å². The van der Waals surface area contributed by atoms with Gasteiger partial charge in [-0.05, 0) is 159 Å². The highest BCUT2D eigenvalue weighted by Gasteiger charge is 2.66. The average molecular weight is 443 g/mol. The lowest BCUT2D eigenvalue weighted by Gasteiger charge is -2.40. The van der Waals surface area contributed by atoms with Crippen LogP contribution in [0.2, 0.25) is 0 Å². The smallest absolute Gasteiger partial charge is 0.133 e. The Morgan fingerprint density at radius 1 is 0.667 bits per heavy atom. The molecule has 8 unspecified atom stereocenters. The molecule has 0 spiro atoms. The van der Waals surface area contributed by atoms with Crippen LogP contribution in [0.3, 0.4) is 0 Å². The Hall–Kier alpha value is -1.96. The minimum absolute atomic E-state index is 0.365. The molecule has 0 amide bonds. The molecule has 5 saturated carbocycles. The fourth-order valence-electron chi connectivity index (χ4n) is 10.0. The fourth-order valence-corrected chi connectivity index (χ4v) is 10.0. The Balaban J connectivity index is 1.13. The molecule has 7 rings (SSSR count). The maximum absolute atomic E-state index is 10.1. The first-order chi connectivity index (χ1) is 15.9. The van der Waals surface area contributed by atoms with E-state index in [-0.39, 0.29) is 0 Å². The zero-order valence-corrected chi connectivity index (χ0v) is 20.6. The lowest BCUT2D eigenvalue weighted by molar-refractivity contribution is 0.0716. The third-order valence-corrected chi connectivity index (χ3v) is 11.0. The number of rotatable bonds is 3. The van der Waals surface area contributed by atoms with Gasteiger partial charge in [0.25, 0.3) is 0 Å². The van der Waals surface area contributed by atoms with Crippen LogP contribution in [0.25, 0.3) is 0 Å². The van der Waals surface area contributed by atoms with Crippen molar-refractivity contribution in [1.82, 2.24) is 0 Å². The van der Waals surface area contributed by atoms with Gasteiger partial charge < -0.3 is 9.84 Å². The van der Waals surface area contributed by atoms with Gasteiger partial charge in [-0.25, -0.2) is 0 Å². The van der Waals surface area contributed by atoms with Crippen LogP contribution in [0.1, 0.15) is 72.3 Å². The maximum Gasteiger partial charge on any atom is 0.133 e. The minimum atomic E-state index is 0.365. The van der Waals surface area contributed by atoms with Gasteiger partial charge in [0.05, 0.1) is 0 Å². The van der Waals surface area contributed by atoms with Crippen molar-refractivity contribution in [2.24, 2.45) is 47.3 Å². The molecule has 0 heterocycles. The normalized spacial score (nSPS) is 39.8. The average Bonchev–Trinajstić information content (AvgIpc) is 3.56. The van der Waals surface area contributed by atoms with E-state index < -0.39 is 0 Å². The largest absolute Gasteiger partial charge is 0.507 e. The van der Waals surface area contributed by atoms with Crippen LogP contribution in [0, 0.1) is 75.0 Å². The monoisotopic (exact) mass is 442 g/mol. The minimum Gasteiger partial charge on any atom is -0.507 e. The van der Waals surface area contributed by atoms with E-state index in [4.69, 9.17) is 4.74 Å². The Kier molecular flexibility index (Phi) is 4.35. The summed E-state index contributed by atoms with van der Waals surface area (Å²) in [6.07, 6.45) is 9.14. The van der Waals surface area contributed by atoms with E-state index >= 15 is 0 Å². The number of benzene rings is 2. The Morgan fingerprint density at radius 2 is 1.21 bits per heavy atom. The third-order valence-electron chi connectivity index (χ3n) is 11.0. The van der Waals surface area contributed by atoms with Crippen molar-refractivity contribution < 1.29 is 9.84 Å². The second-order valence-corrected chi connectivity index (χ2v) is 12.5. The van der Waals surface area contributed by atoms with Gasteiger partial charge in [-0.15, -0.1) is 0 Å². The van der Waals surface area contributed by atoms with Gasteiger partial charge >= 0.3 is 0 Å². The number of hydrogen-bond donors (Lipinski definition) is 1. The molecule has 0 aromatic heterocycles. The molecule has 5 aliphatic carbocycles. The summed E-state index contributed by atoms with van der Waals surface area (Å²) < 4.78 is 6.36. The standard InChI is InChI=1S/C31H38O2/c1-15-9-23(10-16(2)30(15)32)33-31-17(3)7-21(8-18(31)4)22-12-24-25(13-22)27-14-26(24)28-19-5-6-20(11-19)29(27)28/h7-10,19-20,22,24-29,32H,5-6,11-14H2,1-4H3. The summed E-state index contributed by atoms with van der Waals surface area (Å²) in [7, 11) is 0. The molecule has 0 saturated heterocycles. The molecule has 2 nitrogen and oxygen atoms in total. The van der Waals surface area contributed by atoms with Crippen molar-refractivity contribution in [3.05, 3.63) is 52.1 Å². The summed E-state index contributed by atoms with van der Waals surface area (Å²) in [6.45, 7) is 8.27. The fraction of sp³-hybridized carbons (Fsp3) is 0.613. The van der Waals surface area contributed by atoms with Gasteiger partial charge in [0.15, 0.2) is 0 Å². The molecule has 0 aliphatic heterocycles. The summed E-state index contributed by atoms with van der Waals surface area (Å²) in [5, 5.41) is 10.1. The van der Waals surface area contributed by atoms with E-state index in [0.717, 1.165) is 75.9 Å². The molecule has 5 aliphatic rings. The first-order valence-electron chi connectivity index (χ1n) is 13.5. The molecule has 4 bridgehead atoms. The maximum atomic E-state index is 10.1. The predicted octanol–water partition coefficient (Wildman–Crippen LogP) is 7.84. The van der Waals surface area contributed by atoms with Crippen LogP contribution >= 0.6 is 0 Å². The summed E-state index contributed by atoms with van der Waals surface area (Å²) >= 11 is 0. The zero-order chi connectivity index (χ0) is 22.6. The van der Waals surface area contributed by atoms with Crippen LogP contribution in [-0.4, -0.2) is 5.11 Å². The third kappa shape index (κ3) is 2.85. The molecule has 2 heteroatoms. The summed E-state index contributed by atoms with van der Waals surface area (Å²) in [5.41, 5.74) is 5.76. The highest BCUT2D eigenvalue weighted by molar-refractivity contribution is 5.50. The predicted molar refractivity (Wildman–Crippen MR) is 132 cm³/mol. The number of hydrogen-bond acceptors (Lipinski definition) is 2. The second-order valence-electron chi connectivity index (χ2n) is 12.5.